The van der Waals surface area contributed by atoms with Gasteiger partial charge in [0, 0.05) is 39.5 Å². The van der Waals surface area contributed by atoms with Gasteiger partial charge in [-0.25, -0.2) is 0 Å². The molecular weight excluding hydrogens is 302 g/mol. The lowest BCUT2D eigenvalue weighted by Crippen LogP contribution is -2.39. The number of piperidine rings is 1. The molecule has 2 fully saturated rings. The van der Waals surface area contributed by atoms with Gasteiger partial charge in [0.05, 0.1) is 0 Å². The van der Waals surface area contributed by atoms with E-state index in [1.54, 1.807) is 6.92 Å². The van der Waals surface area contributed by atoms with Crippen molar-refractivity contribution in [3.8, 4) is 0 Å². The maximum Gasteiger partial charge on any atom is 0.222 e. The number of nitrogens with one attached hydrogen (secondary N) is 1. The second-order valence-corrected chi connectivity index (χ2v) is 6.53. The molecule has 2 rings (SSSR count). The van der Waals surface area contributed by atoms with E-state index in [4.69, 9.17) is 0 Å². The van der Waals surface area contributed by atoms with Crippen molar-refractivity contribution < 1.29 is 9.59 Å². The molecule has 2 atom stereocenters. The molecule has 2 heterocycles. The first-order valence-electron chi connectivity index (χ1n) is 8.32. The molecule has 2 amide bonds. The summed E-state index contributed by atoms with van der Waals surface area (Å²) in [7, 11) is 0. The molecule has 2 unspecified atom stereocenters. The van der Waals surface area contributed by atoms with E-state index in [0.29, 0.717) is 31.3 Å². The van der Waals surface area contributed by atoms with Gasteiger partial charge in [0.15, 0.2) is 0 Å². The number of hydrogen-bond acceptors (Lipinski definition) is 3. The first-order valence-corrected chi connectivity index (χ1v) is 8.32. The first kappa shape index (κ1) is 19.2. The molecule has 2 saturated heterocycles. The number of nitrogens with zero attached hydrogens (tertiary/aromatic N) is 2. The van der Waals surface area contributed by atoms with Crippen molar-refractivity contribution in [2.75, 3.05) is 39.3 Å². The maximum absolute atomic E-state index is 12.5. The summed E-state index contributed by atoms with van der Waals surface area (Å²) < 4.78 is 0. The van der Waals surface area contributed by atoms with Gasteiger partial charge in [0.2, 0.25) is 11.8 Å². The number of carbonyl (C=O) groups is 2. The average Bonchev–Trinajstić information content (AvgIpc) is 2.74. The minimum Gasteiger partial charge on any atom is -0.341 e. The van der Waals surface area contributed by atoms with Crippen molar-refractivity contribution >= 4 is 24.2 Å². The Hall–Kier alpha value is -0.810. The zero-order valence-corrected chi connectivity index (χ0v) is 14.7. The van der Waals surface area contributed by atoms with E-state index in [9.17, 15) is 9.59 Å². The summed E-state index contributed by atoms with van der Waals surface area (Å²) in [6.07, 6.45) is 4.00. The standard InChI is InChI=1S/C16H29N3O2.ClH/c1-13(15-5-3-6-17-12-15)11-16(21)19-8-4-7-18(9-10-19)14(2)20;/h13,15,17H,3-12H2,1-2H3;1H. The minimum absolute atomic E-state index is 0. The molecule has 0 aromatic rings. The van der Waals surface area contributed by atoms with Crippen LogP contribution in [0.3, 0.4) is 0 Å². The predicted molar refractivity (Wildman–Crippen MR) is 90.1 cm³/mol. The topological polar surface area (TPSA) is 52.7 Å². The summed E-state index contributed by atoms with van der Waals surface area (Å²) in [6.45, 7) is 8.91. The molecule has 1 N–H and O–H groups in total. The fourth-order valence-corrected chi connectivity index (χ4v) is 3.42. The lowest BCUT2D eigenvalue weighted by molar-refractivity contribution is -0.133. The smallest absolute Gasteiger partial charge is 0.222 e. The lowest BCUT2D eigenvalue weighted by atomic mass is 9.85. The van der Waals surface area contributed by atoms with Crippen LogP contribution in [0, 0.1) is 11.8 Å². The van der Waals surface area contributed by atoms with E-state index in [1.807, 2.05) is 9.80 Å². The van der Waals surface area contributed by atoms with E-state index in [-0.39, 0.29) is 24.2 Å². The van der Waals surface area contributed by atoms with Gasteiger partial charge >= 0.3 is 0 Å². The van der Waals surface area contributed by atoms with E-state index in [1.165, 1.54) is 12.8 Å². The van der Waals surface area contributed by atoms with Crippen LogP contribution in [0.25, 0.3) is 0 Å². The van der Waals surface area contributed by atoms with E-state index < -0.39 is 0 Å². The van der Waals surface area contributed by atoms with Gasteiger partial charge in [-0.1, -0.05) is 6.92 Å². The molecule has 6 heteroatoms. The normalized spacial score (nSPS) is 24.2. The molecule has 0 saturated carbocycles. The Morgan fingerprint density at radius 2 is 1.82 bits per heavy atom. The van der Waals surface area contributed by atoms with Crippen LogP contribution in [0.2, 0.25) is 0 Å². The Balaban J connectivity index is 0.00000242. The summed E-state index contributed by atoms with van der Waals surface area (Å²) in [5.41, 5.74) is 0. The van der Waals surface area contributed by atoms with Crippen molar-refractivity contribution in [1.82, 2.24) is 15.1 Å². The number of carbonyl (C=O) groups excluding carboxylic acids is 2. The minimum atomic E-state index is 0. The highest BCUT2D eigenvalue weighted by Crippen LogP contribution is 2.23. The van der Waals surface area contributed by atoms with Crippen LogP contribution in [0.1, 0.15) is 39.5 Å². The largest absolute Gasteiger partial charge is 0.341 e. The molecule has 22 heavy (non-hydrogen) atoms. The molecule has 2 aliphatic heterocycles. The Bertz CT molecular complexity index is 372. The van der Waals surface area contributed by atoms with Crippen LogP contribution in [0.15, 0.2) is 0 Å². The maximum atomic E-state index is 12.5. The molecule has 2 aliphatic rings. The van der Waals surface area contributed by atoms with Crippen molar-refractivity contribution in [3.63, 3.8) is 0 Å². The fraction of sp³-hybridized carbons (Fsp3) is 0.875. The quantitative estimate of drug-likeness (QED) is 0.853. The Kier molecular flexibility index (Phi) is 8.18. The Morgan fingerprint density at radius 1 is 1.14 bits per heavy atom. The third-order valence-corrected chi connectivity index (χ3v) is 4.93. The van der Waals surface area contributed by atoms with E-state index in [0.717, 1.165) is 32.6 Å². The van der Waals surface area contributed by atoms with Gasteiger partial charge in [0.1, 0.15) is 0 Å². The van der Waals surface area contributed by atoms with Gasteiger partial charge in [-0.15, -0.1) is 12.4 Å². The highest BCUT2D eigenvalue weighted by atomic mass is 35.5. The third kappa shape index (κ3) is 5.43. The Labute approximate surface area is 140 Å². The zero-order chi connectivity index (χ0) is 15.2. The van der Waals surface area contributed by atoms with Crippen molar-refractivity contribution in [3.05, 3.63) is 0 Å². The average molecular weight is 332 g/mol. The summed E-state index contributed by atoms with van der Waals surface area (Å²) in [6, 6.07) is 0. The zero-order valence-electron chi connectivity index (χ0n) is 13.8. The highest BCUT2D eigenvalue weighted by molar-refractivity contribution is 5.85. The van der Waals surface area contributed by atoms with Crippen LogP contribution < -0.4 is 5.32 Å². The van der Waals surface area contributed by atoms with E-state index >= 15 is 0 Å². The SMILES string of the molecule is CC(=O)N1CCCN(C(=O)CC(C)C2CCCNC2)CC1.Cl. The van der Waals surface area contributed by atoms with Gasteiger partial charge in [-0.2, -0.15) is 0 Å². The summed E-state index contributed by atoms with van der Waals surface area (Å²) in [5.74, 6) is 1.45. The monoisotopic (exact) mass is 331 g/mol. The summed E-state index contributed by atoms with van der Waals surface area (Å²) >= 11 is 0. The molecule has 0 aromatic carbocycles. The lowest BCUT2D eigenvalue weighted by Gasteiger charge is -2.30. The Morgan fingerprint density at radius 3 is 2.45 bits per heavy atom. The van der Waals surface area contributed by atoms with Crippen LogP contribution in [0.4, 0.5) is 0 Å². The van der Waals surface area contributed by atoms with Gasteiger partial charge in [0.25, 0.3) is 0 Å². The number of rotatable bonds is 3. The summed E-state index contributed by atoms with van der Waals surface area (Å²) in [4.78, 5) is 27.7. The van der Waals surface area contributed by atoms with Crippen LogP contribution >= 0.6 is 12.4 Å². The summed E-state index contributed by atoms with van der Waals surface area (Å²) in [5, 5.41) is 3.43. The molecule has 0 aromatic heterocycles. The molecule has 0 bridgehead atoms. The number of amides is 2. The highest BCUT2D eigenvalue weighted by Gasteiger charge is 2.25. The molecule has 0 radical (unpaired) electrons. The van der Waals surface area contributed by atoms with Gasteiger partial charge in [-0.3, -0.25) is 9.59 Å². The number of halogens is 1. The molecule has 5 nitrogen and oxygen atoms in total. The van der Waals surface area contributed by atoms with Crippen molar-refractivity contribution in [1.29, 1.82) is 0 Å². The van der Waals surface area contributed by atoms with Crippen LogP contribution in [0.5, 0.6) is 0 Å². The van der Waals surface area contributed by atoms with Crippen LogP contribution in [-0.2, 0) is 9.59 Å². The second kappa shape index (κ2) is 9.36. The van der Waals surface area contributed by atoms with Gasteiger partial charge in [-0.05, 0) is 44.2 Å². The van der Waals surface area contributed by atoms with Crippen molar-refractivity contribution in [2.45, 2.75) is 39.5 Å². The fourth-order valence-electron chi connectivity index (χ4n) is 3.42. The predicted octanol–water partition coefficient (Wildman–Crippen LogP) is 1.51. The number of hydrogen-bond donors (Lipinski definition) is 1. The molecule has 128 valence electrons. The molecule has 0 aliphatic carbocycles. The van der Waals surface area contributed by atoms with Crippen LogP contribution in [-0.4, -0.2) is 60.9 Å². The molecule has 0 spiro atoms. The van der Waals surface area contributed by atoms with E-state index in [2.05, 4.69) is 12.2 Å². The first-order chi connectivity index (χ1) is 10.1. The third-order valence-electron chi connectivity index (χ3n) is 4.93. The second-order valence-electron chi connectivity index (χ2n) is 6.53. The van der Waals surface area contributed by atoms with Gasteiger partial charge < -0.3 is 15.1 Å². The molecular formula is C16H30ClN3O2. The van der Waals surface area contributed by atoms with Crippen molar-refractivity contribution in [2.24, 2.45) is 11.8 Å².